The lowest BCUT2D eigenvalue weighted by Crippen LogP contribution is -1.93. The molecule has 4 aromatic rings. The molecule has 0 spiro atoms. The van der Waals surface area contributed by atoms with Gasteiger partial charge >= 0.3 is 0 Å². The summed E-state index contributed by atoms with van der Waals surface area (Å²) in [6.45, 7) is 2.16. The SMILES string of the molecule is Cc1cc(-n2cnc3ccccc32)ccc1-c1ccccc1. The first-order chi connectivity index (χ1) is 10.8. The largest absolute Gasteiger partial charge is 0.299 e. The average molecular weight is 284 g/mol. The van der Waals surface area contributed by atoms with Gasteiger partial charge < -0.3 is 0 Å². The summed E-state index contributed by atoms with van der Waals surface area (Å²) in [7, 11) is 0. The van der Waals surface area contributed by atoms with Crippen LogP contribution in [0.1, 0.15) is 5.56 Å². The van der Waals surface area contributed by atoms with E-state index in [0.717, 1.165) is 16.7 Å². The van der Waals surface area contributed by atoms with E-state index in [1.165, 1.54) is 16.7 Å². The Morgan fingerprint density at radius 1 is 0.818 bits per heavy atom. The van der Waals surface area contributed by atoms with Crippen LogP contribution in [-0.2, 0) is 0 Å². The van der Waals surface area contributed by atoms with Crippen LogP contribution in [0, 0.1) is 6.92 Å². The molecule has 0 bridgehead atoms. The van der Waals surface area contributed by atoms with Gasteiger partial charge in [0.15, 0.2) is 0 Å². The minimum atomic E-state index is 1.02. The van der Waals surface area contributed by atoms with Gasteiger partial charge in [0, 0.05) is 5.69 Å². The molecule has 0 amide bonds. The van der Waals surface area contributed by atoms with E-state index in [9.17, 15) is 0 Å². The minimum Gasteiger partial charge on any atom is -0.299 e. The topological polar surface area (TPSA) is 17.8 Å². The number of nitrogens with zero attached hydrogens (tertiary/aromatic N) is 2. The Morgan fingerprint density at radius 3 is 2.41 bits per heavy atom. The molecule has 106 valence electrons. The van der Waals surface area contributed by atoms with Crippen molar-refractivity contribution in [3.63, 3.8) is 0 Å². The summed E-state index contributed by atoms with van der Waals surface area (Å²) in [6.07, 6.45) is 1.89. The summed E-state index contributed by atoms with van der Waals surface area (Å²) in [4.78, 5) is 4.47. The van der Waals surface area contributed by atoms with E-state index in [2.05, 4.69) is 65.0 Å². The van der Waals surface area contributed by atoms with Gasteiger partial charge in [0.2, 0.25) is 0 Å². The van der Waals surface area contributed by atoms with Crippen molar-refractivity contribution in [2.45, 2.75) is 6.92 Å². The van der Waals surface area contributed by atoms with Crippen molar-refractivity contribution < 1.29 is 0 Å². The Morgan fingerprint density at radius 2 is 1.59 bits per heavy atom. The Bertz CT molecular complexity index is 936. The van der Waals surface area contributed by atoms with Crippen molar-refractivity contribution in [1.29, 1.82) is 0 Å². The molecule has 4 rings (SSSR count). The number of hydrogen-bond acceptors (Lipinski definition) is 1. The quantitative estimate of drug-likeness (QED) is 0.506. The first-order valence-corrected chi connectivity index (χ1v) is 7.41. The van der Waals surface area contributed by atoms with Crippen LogP contribution in [0.5, 0.6) is 0 Å². The Balaban J connectivity index is 1.83. The van der Waals surface area contributed by atoms with Crippen LogP contribution in [0.2, 0.25) is 0 Å². The number of benzene rings is 3. The van der Waals surface area contributed by atoms with Crippen molar-refractivity contribution in [3.8, 4) is 16.8 Å². The summed E-state index contributed by atoms with van der Waals surface area (Å²) in [5.41, 5.74) is 7.09. The molecule has 3 aromatic carbocycles. The van der Waals surface area contributed by atoms with Crippen LogP contribution < -0.4 is 0 Å². The maximum Gasteiger partial charge on any atom is 0.100 e. The molecule has 0 unspecified atom stereocenters. The molecule has 0 N–H and O–H groups in total. The van der Waals surface area contributed by atoms with Crippen LogP contribution in [0.3, 0.4) is 0 Å². The lowest BCUT2D eigenvalue weighted by molar-refractivity contribution is 1.09. The summed E-state index contributed by atoms with van der Waals surface area (Å²) in [5, 5.41) is 0. The van der Waals surface area contributed by atoms with Gasteiger partial charge in [-0.1, -0.05) is 48.5 Å². The van der Waals surface area contributed by atoms with Crippen LogP contribution in [0.4, 0.5) is 0 Å². The van der Waals surface area contributed by atoms with Gasteiger partial charge in [-0.3, -0.25) is 4.57 Å². The second kappa shape index (κ2) is 5.15. The highest BCUT2D eigenvalue weighted by molar-refractivity contribution is 5.78. The summed E-state index contributed by atoms with van der Waals surface area (Å²) < 4.78 is 2.14. The Kier molecular flexibility index (Phi) is 3.01. The summed E-state index contributed by atoms with van der Waals surface area (Å²) in [6, 6.07) is 25.3. The molecular formula is C20H16N2. The normalized spacial score (nSPS) is 11.0. The second-order valence-electron chi connectivity index (χ2n) is 5.47. The number of rotatable bonds is 2. The van der Waals surface area contributed by atoms with Gasteiger partial charge in [0.25, 0.3) is 0 Å². The van der Waals surface area contributed by atoms with Crippen molar-refractivity contribution in [2.24, 2.45) is 0 Å². The number of hydrogen-bond donors (Lipinski definition) is 0. The maximum absolute atomic E-state index is 4.47. The molecule has 1 heterocycles. The molecule has 22 heavy (non-hydrogen) atoms. The highest BCUT2D eigenvalue weighted by Gasteiger charge is 2.07. The van der Waals surface area contributed by atoms with Gasteiger partial charge in [-0.2, -0.15) is 0 Å². The fourth-order valence-electron chi connectivity index (χ4n) is 2.90. The van der Waals surface area contributed by atoms with Gasteiger partial charge in [-0.25, -0.2) is 4.98 Å². The van der Waals surface area contributed by atoms with Crippen molar-refractivity contribution in [2.75, 3.05) is 0 Å². The van der Waals surface area contributed by atoms with E-state index >= 15 is 0 Å². The molecule has 0 atom stereocenters. The van der Waals surface area contributed by atoms with E-state index in [1.54, 1.807) is 0 Å². The molecule has 0 saturated heterocycles. The zero-order chi connectivity index (χ0) is 14.9. The molecule has 2 nitrogen and oxygen atoms in total. The van der Waals surface area contributed by atoms with E-state index < -0.39 is 0 Å². The Hall–Kier alpha value is -2.87. The number of imidazole rings is 1. The molecule has 0 saturated carbocycles. The zero-order valence-electron chi connectivity index (χ0n) is 12.4. The van der Waals surface area contributed by atoms with Gasteiger partial charge in [0.05, 0.1) is 11.0 Å². The van der Waals surface area contributed by atoms with Crippen LogP contribution in [-0.4, -0.2) is 9.55 Å². The molecular weight excluding hydrogens is 268 g/mol. The van der Waals surface area contributed by atoms with Crippen molar-refractivity contribution in [3.05, 3.63) is 84.7 Å². The molecule has 2 heteroatoms. The highest BCUT2D eigenvalue weighted by Crippen LogP contribution is 2.26. The molecule has 0 fully saturated rings. The number of aryl methyl sites for hydroxylation is 1. The monoisotopic (exact) mass is 284 g/mol. The van der Waals surface area contributed by atoms with Crippen molar-refractivity contribution >= 4 is 11.0 Å². The average Bonchev–Trinajstić information content (AvgIpc) is 2.99. The van der Waals surface area contributed by atoms with Gasteiger partial charge in [0.1, 0.15) is 6.33 Å². The molecule has 0 aliphatic heterocycles. The van der Waals surface area contributed by atoms with Gasteiger partial charge in [-0.15, -0.1) is 0 Å². The first-order valence-electron chi connectivity index (χ1n) is 7.41. The number of aromatic nitrogens is 2. The minimum absolute atomic E-state index is 1.02. The zero-order valence-corrected chi connectivity index (χ0v) is 12.4. The predicted molar refractivity (Wildman–Crippen MR) is 91.2 cm³/mol. The second-order valence-corrected chi connectivity index (χ2v) is 5.47. The highest BCUT2D eigenvalue weighted by atomic mass is 15.0. The van der Waals surface area contributed by atoms with E-state index in [4.69, 9.17) is 0 Å². The number of para-hydroxylation sites is 2. The van der Waals surface area contributed by atoms with E-state index in [0.29, 0.717) is 0 Å². The third kappa shape index (κ3) is 2.09. The molecule has 0 aliphatic carbocycles. The standard InChI is InChI=1S/C20H16N2/c1-15-13-17(11-12-18(15)16-7-3-2-4-8-16)22-14-21-19-9-5-6-10-20(19)22/h2-14H,1H3. The molecule has 1 aromatic heterocycles. The number of fused-ring (bicyclic) bond motifs is 1. The van der Waals surface area contributed by atoms with Crippen LogP contribution >= 0.6 is 0 Å². The lowest BCUT2D eigenvalue weighted by atomic mass is 10.00. The summed E-state index contributed by atoms with van der Waals surface area (Å²) in [5.74, 6) is 0. The molecule has 0 radical (unpaired) electrons. The predicted octanol–water partition coefficient (Wildman–Crippen LogP) is 5.00. The summed E-state index contributed by atoms with van der Waals surface area (Å²) >= 11 is 0. The Labute approximate surface area is 129 Å². The fourth-order valence-corrected chi connectivity index (χ4v) is 2.90. The molecule has 0 aliphatic rings. The first kappa shape index (κ1) is 12.8. The maximum atomic E-state index is 4.47. The van der Waals surface area contributed by atoms with E-state index in [-0.39, 0.29) is 0 Å². The van der Waals surface area contributed by atoms with Crippen LogP contribution in [0.25, 0.3) is 27.8 Å². The smallest absolute Gasteiger partial charge is 0.100 e. The van der Waals surface area contributed by atoms with E-state index in [1.807, 2.05) is 30.6 Å². The third-order valence-electron chi connectivity index (χ3n) is 4.03. The fraction of sp³-hybridized carbons (Fsp3) is 0.0500. The van der Waals surface area contributed by atoms with Gasteiger partial charge in [-0.05, 0) is 47.9 Å². The third-order valence-corrected chi connectivity index (χ3v) is 4.03. The lowest BCUT2D eigenvalue weighted by Gasteiger charge is -2.10. The van der Waals surface area contributed by atoms with Crippen molar-refractivity contribution in [1.82, 2.24) is 9.55 Å². The van der Waals surface area contributed by atoms with Crippen LogP contribution in [0.15, 0.2) is 79.1 Å².